The van der Waals surface area contributed by atoms with Crippen molar-refractivity contribution in [1.82, 2.24) is 10.3 Å². The van der Waals surface area contributed by atoms with E-state index in [0.29, 0.717) is 19.6 Å². The van der Waals surface area contributed by atoms with Crippen LogP contribution in [-0.4, -0.2) is 24.0 Å². The first kappa shape index (κ1) is 17.4. The fourth-order valence-electron chi connectivity index (χ4n) is 3.20. The summed E-state index contributed by atoms with van der Waals surface area (Å²) in [6.45, 7) is 2.81. The molecule has 1 aliphatic rings. The number of piperidine rings is 1. The fraction of sp³-hybridized carbons (Fsp3) is 0.368. The van der Waals surface area contributed by atoms with Crippen molar-refractivity contribution in [2.24, 2.45) is 11.7 Å². The first-order chi connectivity index (χ1) is 12.1. The maximum absolute atomic E-state index is 13.0. The second-order valence-corrected chi connectivity index (χ2v) is 6.40. The summed E-state index contributed by atoms with van der Waals surface area (Å²) in [6, 6.07) is 10.4. The zero-order valence-corrected chi connectivity index (χ0v) is 14.1. The number of aromatic nitrogens is 1. The van der Waals surface area contributed by atoms with E-state index in [1.54, 1.807) is 18.3 Å². The van der Waals surface area contributed by atoms with Gasteiger partial charge in [0.2, 0.25) is 5.91 Å². The molecule has 1 unspecified atom stereocenters. The van der Waals surface area contributed by atoms with Gasteiger partial charge in [-0.3, -0.25) is 4.79 Å². The molecule has 2 aromatic rings. The Morgan fingerprint density at radius 3 is 2.84 bits per heavy atom. The van der Waals surface area contributed by atoms with E-state index in [9.17, 15) is 9.18 Å². The van der Waals surface area contributed by atoms with Gasteiger partial charge in [-0.05, 0) is 36.6 Å². The van der Waals surface area contributed by atoms with E-state index in [0.717, 1.165) is 36.3 Å². The van der Waals surface area contributed by atoms with Crippen LogP contribution in [0.15, 0.2) is 42.6 Å². The van der Waals surface area contributed by atoms with Gasteiger partial charge in [0.1, 0.15) is 11.6 Å². The third-order valence-corrected chi connectivity index (χ3v) is 4.55. The molecule has 5 nitrogen and oxygen atoms in total. The number of primary amides is 1. The summed E-state index contributed by atoms with van der Waals surface area (Å²) in [6.07, 6.45) is 3.55. The minimum absolute atomic E-state index is 0.115. The van der Waals surface area contributed by atoms with Crippen molar-refractivity contribution in [2.75, 3.05) is 18.0 Å². The maximum Gasteiger partial charge on any atom is 0.222 e. The van der Waals surface area contributed by atoms with Gasteiger partial charge in [0, 0.05) is 37.9 Å². The van der Waals surface area contributed by atoms with Crippen LogP contribution >= 0.6 is 0 Å². The van der Waals surface area contributed by atoms with Gasteiger partial charge in [0.15, 0.2) is 0 Å². The molecule has 1 aliphatic heterocycles. The number of hydrogen-bond acceptors (Lipinski definition) is 4. The smallest absolute Gasteiger partial charge is 0.222 e. The number of nitrogens with two attached hydrogens (primary N) is 1. The summed E-state index contributed by atoms with van der Waals surface area (Å²) < 4.78 is 13.0. The van der Waals surface area contributed by atoms with Crippen LogP contribution in [-0.2, 0) is 17.9 Å². The van der Waals surface area contributed by atoms with E-state index >= 15 is 0 Å². The van der Waals surface area contributed by atoms with Crippen molar-refractivity contribution in [2.45, 2.75) is 25.9 Å². The monoisotopic (exact) mass is 342 g/mol. The number of carbonyl (C=O) groups excluding carboxylic acids is 1. The molecule has 3 N–H and O–H groups in total. The highest BCUT2D eigenvalue weighted by Gasteiger charge is 2.25. The minimum atomic E-state index is -0.239. The largest absolute Gasteiger partial charge is 0.369 e. The normalized spacial score (nSPS) is 17.5. The van der Waals surface area contributed by atoms with E-state index in [1.807, 2.05) is 12.1 Å². The minimum Gasteiger partial charge on any atom is -0.369 e. The summed E-state index contributed by atoms with van der Waals surface area (Å²) in [5.74, 6) is 0.319. The van der Waals surface area contributed by atoms with E-state index in [4.69, 9.17) is 5.73 Å². The molecule has 25 heavy (non-hydrogen) atoms. The summed E-state index contributed by atoms with van der Waals surface area (Å²) >= 11 is 0. The number of benzene rings is 1. The number of nitrogens with one attached hydrogen (secondary N) is 1. The second-order valence-electron chi connectivity index (χ2n) is 6.40. The summed E-state index contributed by atoms with van der Waals surface area (Å²) in [5, 5.41) is 3.37. The Hall–Kier alpha value is -2.47. The molecular formula is C19H23FN4O. The molecule has 132 valence electrons. The number of carbonyl (C=O) groups is 1. The van der Waals surface area contributed by atoms with Crippen LogP contribution < -0.4 is 16.0 Å². The van der Waals surface area contributed by atoms with Gasteiger partial charge >= 0.3 is 0 Å². The predicted molar refractivity (Wildman–Crippen MR) is 95.3 cm³/mol. The highest BCUT2D eigenvalue weighted by Crippen LogP contribution is 2.24. The van der Waals surface area contributed by atoms with Crippen LogP contribution in [0.5, 0.6) is 0 Å². The van der Waals surface area contributed by atoms with Crippen LogP contribution in [0.2, 0.25) is 0 Å². The lowest BCUT2D eigenvalue weighted by Gasteiger charge is -2.33. The lowest BCUT2D eigenvalue weighted by Crippen LogP contribution is -2.42. The number of pyridine rings is 1. The Bertz CT molecular complexity index is 720. The molecule has 0 radical (unpaired) electrons. The third-order valence-electron chi connectivity index (χ3n) is 4.55. The summed E-state index contributed by atoms with van der Waals surface area (Å²) in [5.41, 5.74) is 7.58. The van der Waals surface area contributed by atoms with Crippen molar-refractivity contribution in [3.05, 3.63) is 59.5 Å². The Morgan fingerprint density at radius 2 is 2.08 bits per heavy atom. The molecular weight excluding hydrogens is 319 g/mol. The van der Waals surface area contributed by atoms with Crippen molar-refractivity contribution in [3.8, 4) is 0 Å². The van der Waals surface area contributed by atoms with Crippen molar-refractivity contribution in [1.29, 1.82) is 0 Å². The second kappa shape index (κ2) is 8.07. The highest BCUT2D eigenvalue weighted by atomic mass is 19.1. The molecule has 0 bridgehead atoms. The molecule has 0 saturated carbocycles. The zero-order chi connectivity index (χ0) is 17.6. The maximum atomic E-state index is 13.0. The quantitative estimate of drug-likeness (QED) is 0.844. The molecule has 1 atom stereocenters. The van der Waals surface area contributed by atoms with Gasteiger partial charge in [-0.2, -0.15) is 0 Å². The highest BCUT2D eigenvalue weighted by molar-refractivity contribution is 5.77. The van der Waals surface area contributed by atoms with Crippen LogP contribution in [0, 0.1) is 11.7 Å². The van der Waals surface area contributed by atoms with Crippen molar-refractivity contribution < 1.29 is 9.18 Å². The predicted octanol–water partition coefficient (Wildman–Crippen LogP) is 2.21. The lowest BCUT2D eigenvalue weighted by molar-refractivity contribution is -0.122. The van der Waals surface area contributed by atoms with E-state index in [-0.39, 0.29) is 17.6 Å². The van der Waals surface area contributed by atoms with Crippen LogP contribution in [0.25, 0.3) is 0 Å². The first-order valence-electron chi connectivity index (χ1n) is 8.57. The molecule has 1 fully saturated rings. The lowest BCUT2D eigenvalue weighted by atomic mass is 9.97. The average Bonchev–Trinajstić information content (AvgIpc) is 2.64. The molecule has 1 aromatic carbocycles. The van der Waals surface area contributed by atoms with Crippen LogP contribution in [0.4, 0.5) is 10.2 Å². The molecule has 6 heteroatoms. The summed E-state index contributed by atoms with van der Waals surface area (Å²) in [7, 11) is 0. The zero-order valence-electron chi connectivity index (χ0n) is 14.1. The van der Waals surface area contributed by atoms with Crippen LogP contribution in [0.3, 0.4) is 0 Å². The van der Waals surface area contributed by atoms with Gasteiger partial charge in [-0.1, -0.05) is 18.2 Å². The Kier molecular flexibility index (Phi) is 5.60. The molecule has 1 amide bonds. The summed E-state index contributed by atoms with van der Waals surface area (Å²) in [4.78, 5) is 18.2. The Labute approximate surface area is 147 Å². The molecule has 2 heterocycles. The Balaban J connectivity index is 1.64. The van der Waals surface area contributed by atoms with Gasteiger partial charge in [-0.15, -0.1) is 0 Å². The number of hydrogen-bond donors (Lipinski definition) is 2. The number of rotatable bonds is 6. The SMILES string of the molecule is NC(=O)C1CCCN(c2ncccc2CNCc2ccc(F)cc2)C1. The van der Waals surface area contributed by atoms with Gasteiger partial charge in [-0.25, -0.2) is 9.37 Å². The molecule has 0 spiro atoms. The molecule has 1 aromatic heterocycles. The number of anilines is 1. The number of nitrogens with zero attached hydrogens (tertiary/aromatic N) is 2. The van der Waals surface area contributed by atoms with Gasteiger partial charge < -0.3 is 16.0 Å². The topological polar surface area (TPSA) is 71.2 Å². The standard InChI is InChI=1S/C19H23FN4O/c20-17-7-5-14(6-8-17)11-22-12-15-3-1-9-23-19(15)24-10-2-4-16(13-24)18(21)25/h1,3,5-9,16,22H,2,4,10-13H2,(H2,21,25). The van der Waals surface area contributed by atoms with E-state index < -0.39 is 0 Å². The molecule has 0 aliphatic carbocycles. The van der Waals surface area contributed by atoms with Gasteiger partial charge in [0.25, 0.3) is 0 Å². The Morgan fingerprint density at radius 1 is 1.28 bits per heavy atom. The van der Waals surface area contributed by atoms with Crippen molar-refractivity contribution in [3.63, 3.8) is 0 Å². The van der Waals surface area contributed by atoms with E-state index in [2.05, 4.69) is 15.2 Å². The van der Waals surface area contributed by atoms with E-state index in [1.165, 1.54) is 12.1 Å². The van der Waals surface area contributed by atoms with Crippen LogP contribution in [0.1, 0.15) is 24.0 Å². The number of halogens is 1. The first-order valence-corrected chi connectivity index (χ1v) is 8.57. The molecule has 1 saturated heterocycles. The third kappa shape index (κ3) is 4.54. The number of amides is 1. The van der Waals surface area contributed by atoms with Gasteiger partial charge in [0.05, 0.1) is 5.92 Å². The average molecular weight is 342 g/mol. The fourth-order valence-corrected chi connectivity index (χ4v) is 3.20. The van der Waals surface area contributed by atoms with Crippen molar-refractivity contribution >= 4 is 11.7 Å². The molecule has 3 rings (SSSR count).